The van der Waals surface area contributed by atoms with Gasteiger partial charge in [0.25, 0.3) is 0 Å². The first kappa shape index (κ1) is 28.2. The molecule has 1 aromatic carbocycles. The standard InChI is InChI=1S/C31H42N2O5S/c1-4-18-32(22-14-10-7-11-15-22)28(36)26-31-17-16-30(3,39-31)25(29(37)38-5-2)24(31)27(35)33(26)23(20-34)19-21-12-8-6-9-13-21/h4,6,8-9,12-13,22-26,34H,1,5,7,10-11,14-20H2,2-3H3/t23-,24+,25-,26?,30+,31?/m1/s1. The molecule has 0 radical (unpaired) electrons. The lowest BCUT2D eigenvalue weighted by Crippen LogP contribution is -2.59. The van der Waals surface area contributed by atoms with Gasteiger partial charge in [0.1, 0.15) is 6.04 Å². The number of hydrogen-bond acceptors (Lipinski definition) is 6. The highest BCUT2D eigenvalue weighted by Crippen LogP contribution is 2.71. The molecule has 1 aromatic rings. The summed E-state index contributed by atoms with van der Waals surface area (Å²) in [4.78, 5) is 46.3. The van der Waals surface area contributed by atoms with Gasteiger partial charge in [-0.05, 0) is 51.5 Å². The normalized spacial score (nSPS) is 32.6. The van der Waals surface area contributed by atoms with Gasteiger partial charge in [0.15, 0.2) is 0 Å². The van der Waals surface area contributed by atoms with Gasteiger partial charge in [0, 0.05) is 17.3 Å². The van der Waals surface area contributed by atoms with Crippen LogP contribution in [0.1, 0.15) is 64.4 Å². The first-order valence-corrected chi connectivity index (χ1v) is 15.4. The molecule has 3 aliphatic heterocycles. The molecule has 2 bridgehead atoms. The molecule has 6 atom stereocenters. The molecule has 1 aliphatic carbocycles. The molecule has 212 valence electrons. The van der Waals surface area contributed by atoms with E-state index in [0.29, 0.717) is 19.4 Å². The second-order valence-electron chi connectivity index (χ2n) is 11.8. The van der Waals surface area contributed by atoms with E-state index in [9.17, 15) is 19.5 Å². The minimum Gasteiger partial charge on any atom is -0.466 e. The molecule has 7 nitrogen and oxygen atoms in total. The first-order chi connectivity index (χ1) is 18.8. The van der Waals surface area contributed by atoms with Crippen molar-refractivity contribution in [3.63, 3.8) is 0 Å². The summed E-state index contributed by atoms with van der Waals surface area (Å²) in [5, 5.41) is 10.7. The molecule has 1 N–H and O–H groups in total. The van der Waals surface area contributed by atoms with Gasteiger partial charge < -0.3 is 19.6 Å². The molecule has 2 amide bonds. The zero-order valence-corrected chi connectivity index (χ0v) is 24.0. The predicted molar refractivity (Wildman–Crippen MR) is 152 cm³/mol. The predicted octanol–water partition coefficient (Wildman–Crippen LogP) is 3.98. The fraction of sp³-hybridized carbons (Fsp3) is 0.645. The molecular formula is C31H42N2O5S. The smallest absolute Gasteiger partial charge is 0.311 e. The largest absolute Gasteiger partial charge is 0.466 e. The van der Waals surface area contributed by atoms with Crippen LogP contribution in [0.25, 0.3) is 0 Å². The van der Waals surface area contributed by atoms with Crippen LogP contribution >= 0.6 is 11.8 Å². The highest BCUT2D eigenvalue weighted by Gasteiger charge is 2.78. The zero-order chi connectivity index (χ0) is 27.8. The third-order valence-corrected chi connectivity index (χ3v) is 11.5. The third kappa shape index (κ3) is 4.71. The van der Waals surface area contributed by atoms with Crippen LogP contribution in [-0.4, -0.2) is 80.1 Å². The van der Waals surface area contributed by atoms with Crippen molar-refractivity contribution in [3.8, 4) is 0 Å². The van der Waals surface area contributed by atoms with Gasteiger partial charge in [-0.1, -0.05) is 55.7 Å². The van der Waals surface area contributed by atoms with Crippen molar-refractivity contribution in [1.29, 1.82) is 0 Å². The molecule has 4 fully saturated rings. The van der Waals surface area contributed by atoms with Crippen molar-refractivity contribution in [1.82, 2.24) is 9.80 Å². The van der Waals surface area contributed by atoms with Crippen LogP contribution in [0.4, 0.5) is 0 Å². The summed E-state index contributed by atoms with van der Waals surface area (Å²) in [5.41, 5.74) is 0.992. The van der Waals surface area contributed by atoms with Gasteiger partial charge in [-0.2, -0.15) is 0 Å². The number of carbonyl (C=O) groups excluding carboxylic acids is 3. The van der Waals surface area contributed by atoms with E-state index < -0.39 is 33.4 Å². The number of rotatable bonds is 10. The minimum atomic E-state index is -0.746. The number of fused-ring (bicyclic) bond motifs is 1. The number of esters is 1. The Bertz CT molecular complexity index is 1090. The van der Waals surface area contributed by atoms with E-state index >= 15 is 0 Å². The number of ether oxygens (including phenoxy) is 1. The summed E-state index contributed by atoms with van der Waals surface area (Å²) in [6.45, 7) is 8.20. The van der Waals surface area contributed by atoms with Crippen LogP contribution in [0, 0.1) is 11.8 Å². The topological polar surface area (TPSA) is 87.2 Å². The summed E-state index contributed by atoms with van der Waals surface area (Å²) < 4.78 is 4.33. The van der Waals surface area contributed by atoms with Crippen molar-refractivity contribution in [2.45, 2.75) is 92.8 Å². The molecule has 3 saturated heterocycles. The van der Waals surface area contributed by atoms with Crippen LogP contribution in [-0.2, 0) is 25.5 Å². The van der Waals surface area contributed by atoms with Crippen LogP contribution in [0.5, 0.6) is 0 Å². The molecule has 4 aliphatic rings. The fourth-order valence-corrected chi connectivity index (χ4v) is 10.2. The Morgan fingerprint density at radius 3 is 2.59 bits per heavy atom. The molecule has 5 rings (SSSR count). The Hall–Kier alpha value is -2.32. The number of nitrogens with zero attached hydrogens (tertiary/aromatic N) is 2. The van der Waals surface area contributed by atoms with Gasteiger partial charge in [-0.3, -0.25) is 14.4 Å². The van der Waals surface area contributed by atoms with Gasteiger partial charge in [0.2, 0.25) is 11.8 Å². The van der Waals surface area contributed by atoms with E-state index in [0.717, 1.165) is 37.7 Å². The van der Waals surface area contributed by atoms with E-state index in [1.54, 1.807) is 29.7 Å². The summed E-state index contributed by atoms with van der Waals surface area (Å²) in [6, 6.07) is 8.57. The van der Waals surface area contributed by atoms with E-state index in [2.05, 4.69) is 13.5 Å². The highest BCUT2D eigenvalue weighted by atomic mass is 32.2. The number of likely N-dealkylation sites (tertiary alicyclic amines) is 1. The minimum absolute atomic E-state index is 0.0644. The molecule has 39 heavy (non-hydrogen) atoms. The number of thioether (sulfide) groups is 1. The van der Waals surface area contributed by atoms with Gasteiger partial charge in [-0.15, -0.1) is 18.3 Å². The van der Waals surface area contributed by atoms with Crippen molar-refractivity contribution < 1.29 is 24.2 Å². The second kappa shape index (κ2) is 11.3. The molecule has 8 heteroatoms. The number of aliphatic hydroxyl groups excluding tert-OH is 1. The van der Waals surface area contributed by atoms with E-state index in [4.69, 9.17) is 4.74 Å². The summed E-state index contributed by atoms with van der Waals surface area (Å²) in [7, 11) is 0. The fourth-order valence-electron chi connectivity index (χ4n) is 7.87. The van der Waals surface area contributed by atoms with Crippen LogP contribution < -0.4 is 0 Å². The van der Waals surface area contributed by atoms with Crippen LogP contribution in [0.15, 0.2) is 43.0 Å². The quantitative estimate of drug-likeness (QED) is 0.348. The number of amides is 2. The monoisotopic (exact) mass is 554 g/mol. The molecule has 2 unspecified atom stereocenters. The molecular weight excluding hydrogens is 512 g/mol. The lowest BCUT2D eigenvalue weighted by molar-refractivity contribution is -0.155. The maximum absolute atomic E-state index is 14.8. The molecule has 3 heterocycles. The van der Waals surface area contributed by atoms with E-state index in [1.807, 2.05) is 35.2 Å². The Morgan fingerprint density at radius 1 is 1.23 bits per heavy atom. The first-order valence-electron chi connectivity index (χ1n) is 14.6. The van der Waals surface area contributed by atoms with Crippen molar-refractivity contribution in [2.75, 3.05) is 19.8 Å². The number of carbonyl (C=O) groups is 3. The summed E-state index contributed by atoms with van der Waals surface area (Å²) >= 11 is 1.66. The maximum Gasteiger partial charge on any atom is 0.311 e. The van der Waals surface area contributed by atoms with Crippen molar-refractivity contribution >= 4 is 29.5 Å². The molecule has 1 spiro atoms. The Balaban J connectivity index is 1.59. The third-order valence-electron chi connectivity index (χ3n) is 9.53. The number of hydrogen-bond donors (Lipinski definition) is 1. The van der Waals surface area contributed by atoms with Gasteiger partial charge in [-0.25, -0.2) is 0 Å². The zero-order valence-electron chi connectivity index (χ0n) is 23.2. The molecule has 1 saturated carbocycles. The molecule has 0 aromatic heterocycles. The Morgan fingerprint density at radius 2 is 1.95 bits per heavy atom. The second-order valence-corrected chi connectivity index (χ2v) is 13.7. The van der Waals surface area contributed by atoms with Crippen molar-refractivity contribution in [2.24, 2.45) is 11.8 Å². The summed E-state index contributed by atoms with van der Waals surface area (Å²) in [5.74, 6) is -1.86. The van der Waals surface area contributed by atoms with Gasteiger partial charge >= 0.3 is 5.97 Å². The number of aliphatic hydroxyl groups is 1. The lowest BCUT2D eigenvalue weighted by Gasteiger charge is -2.42. The summed E-state index contributed by atoms with van der Waals surface area (Å²) in [6.07, 6.45) is 8.87. The van der Waals surface area contributed by atoms with E-state index in [1.165, 1.54) is 6.42 Å². The Kier molecular flexibility index (Phi) is 8.16. The average Bonchev–Trinajstić information content (AvgIpc) is 3.52. The Labute approximate surface area is 236 Å². The maximum atomic E-state index is 14.8. The van der Waals surface area contributed by atoms with Crippen LogP contribution in [0.2, 0.25) is 0 Å². The average molecular weight is 555 g/mol. The van der Waals surface area contributed by atoms with Gasteiger partial charge in [0.05, 0.1) is 35.8 Å². The van der Waals surface area contributed by atoms with Crippen molar-refractivity contribution in [3.05, 3.63) is 48.6 Å². The SMILES string of the molecule is C=CCN(C(=O)C1N([C@@H](CO)Cc2ccccc2)C(=O)[C@@H]2[C@H](C(=O)OCC)[C@]3(C)CCC12S3)C1CCCCC1. The van der Waals surface area contributed by atoms with Crippen LogP contribution in [0.3, 0.4) is 0 Å². The van der Waals surface area contributed by atoms with E-state index in [-0.39, 0.29) is 37.0 Å². The highest BCUT2D eigenvalue weighted by molar-refractivity contribution is 8.02. The lowest BCUT2D eigenvalue weighted by atomic mass is 9.66. The number of benzene rings is 1.